The Morgan fingerprint density at radius 2 is 1.62 bits per heavy atom. The molecule has 0 saturated heterocycles. The fourth-order valence-corrected chi connectivity index (χ4v) is 3.13. The van der Waals surface area contributed by atoms with Crippen molar-refractivity contribution in [2.75, 3.05) is 30.5 Å². The molecule has 29 heavy (non-hydrogen) atoms. The van der Waals surface area contributed by atoms with Crippen LogP contribution in [0.3, 0.4) is 0 Å². The molecule has 1 aromatic heterocycles. The molecule has 0 aliphatic rings. The SMILES string of the molecule is Cc1cccc(C)c1OCC(=O)N(Cc1ccc(N(C)C)cc1)c1ccccn1. The standard InChI is InChI=1S/C24H27N3O2/c1-18-8-7-9-19(2)24(18)29-17-23(28)27(22-10-5-6-15-25-22)16-20-11-13-21(14-12-20)26(3)4/h5-15H,16-17H2,1-4H3. The highest BCUT2D eigenvalue weighted by Crippen LogP contribution is 2.23. The van der Waals surface area contributed by atoms with Gasteiger partial charge >= 0.3 is 0 Å². The van der Waals surface area contributed by atoms with Gasteiger partial charge in [0.05, 0.1) is 6.54 Å². The molecule has 1 heterocycles. The number of hydrogen-bond donors (Lipinski definition) is 0. The first-order valence-corrected chi connectivity index (χ1v) is 9.62. The summed E-state index contributed by atoms with van der Waals surface area (Å²) in [6, 6.07) is 19.7. The Bertz CT molecular complexity index is 933. The van der Waals surface area contributed by atoms with Crippen molar-refractivity contribution < 1.29 is 9.53 Å². The van der Waals surface area contributed by atoms with Gasteiger partial charge in [-0.3, -0.25) is 9.69 Å². The Morgan fingerprint density at radius 3 is 2.21 bits per heavy atom. The highest BCUT2D eigenvalue weighted by Gasteiger charge is 2.19. The third-order valence-corrected chi connectivity index (χ3v) is 4.77. The fraction of sp³-hybridized carbons (Fsp3) is 0.250. The lowest BCUT2D eigenvalue weighted by Gasteiger charge is -2.23. The van der Waals surface area contributed by atoms with Gasteiger partial charge in [0.15, 0.2) is 6.61 Å². The van der Waals surface area contributed by atoms with Crippen LogP contribution in [0.2, 0.25) is 0 Å². The van der Waals surface area contributed by atoms with E-state index in [1.54, 1.807) is 11.1 Å². The lowest BCUT2D eigenvalue weighted by Crippen LogP contribution is -2.35. The molecule has 0 unspecified atom stereocenters. The number of hydrogen-bond acceptors (Lipinski definition) is 4. The predicted octanol–water partition coefficient (Wildman–Crippen LogP) is 4.38. The maximum atomic E-state index is 13.1. The minimum atomic E-state index is -0.136. The highest BCUT2D eigenvalue weighted by molar-refractivity contribution is 5.93. The molecule has 0 radical (unpaired) electrons. The van der Waals surface area contributed by atoms with Crippen molar-refractivity contribution in [1.82, 2.24) is 4.98 Å². The van der Waals surface area contributed by atoms with E-state index in [-0.39, 0.29) is 12.5 Å². The molecule has 3 rings (SSSR count). The Hall–Kier alpha value is -3.34. The Balaban J connectivity index is 1.79. The molecule has 1 amide bonds. The lowest BCUT2D eigenvalue weighted by molar-refractivity contribution is -0.120. The van der Waals surface area contributed by atoms with Gasteiger partial charge in [0.1, 0.15) is 11.6 Å². The van der Waals surface area contributed by atoms with Crippen molar-refractivity contribution in [3.05, 3.63) is 83.6 Å². The molecule has 150 valence electrons. The molecule has 0 aliphatic heterocycles. The summed E-state index contributed by atoms with van der Waals surface area (Å²) in [6.45, 7) is 4.35. The minimum Gasteiger partial charge on any atom is -0.483 e. The molecule has 0 N–H and O–H groups in total. The van der Waals surface area contributed by atoms with Crippen LogP contribution in [-0.2, 0) is 11.3 Å². The van der Waals surface area contributed by atoms with E-state index in [0.717, 1.165) is 28.1 Å². The number of ether oxygens (including phenoxy) is 1. The molecule has 3 aromatic rings. The van der Waals surface area contributed by atoms with Crippen molar-refractivity contribution in [1.29, 1.82) is 0 Å². The van der Waals surface area contributed by atoms with Gasteiger partial charge < -0.3 is 9.64 Å². The molecule has 5 nitrogen and oxygen atoms in total. The molecule has 0 fully saturated rings. The Labute approximate surface area is 172 Å². The fourth-order valence-electron chi connectivity index (χ4n) is 3.13. The lowest BCUT2D eigenvalue weighted by atomic mass is 10.1. The van der Waals surface area contributed by atoms with Crippen LogP contribution in [0.15, 0.2) is 66.9 Å². The van der Waals surface area contributed by atoms with Crippen LogP contribution in [0.25, 0.3) is 0 Å². The second kappa shape index (κ2) is 9.24. The van der Waals surface area contributed by atoms with Gasteiger partial charge in [0.2, 0.25) is 0 Å². The quantitative estimate of drug-likeness (QED) is 0.602. The zero-order valence-corrected chi connectivity index (χ0v) is 17.4. The largest absolute Gasteiger partial charge is 0.483 e. The van der Waals surface area contributed by atoms with E-state index in [2.05, 4.69) is 4.98 Å². The molecule has 0 atom stereocenters. The first-order valence-electron chi connectivity index (χ1n) is 9.62. The summed E-state index contributed by atoms with van der Waals surface area (Å²) >= 11 is 0. The van der Waals surface area contributed by atoms with Crippen molar-refractivity contribution in [2.45, 2.75) is 20.4 Å². The van der Waals surface area contributed by atoms with E-state index in [0.29, 0.717) is 12.4 Å². The van der Waals surface area contributed by atoms with Crippen LogP contribution >= 0.6 is 0 Å². The van der Waals surface area contributed by atoms with Crippen LogP contribution in [0.1, 0.15) is 16.7 Å². The number of rotatable bonds is 7. The molecular formula is C24H27N3O2. The number of pyridine rings is 1. The number of nitrogens with zero attached hydrogens (tertiary/aromatic N) is 3. The summed E-state index contributed by atoms with van der Waals surface area (Å²) < 4.78 is 5.89. The summed E-state index contributed by atoms with van der Waals surface area (Å²) in [4.78, 5) is 21.2. The second-order valence-electron chi connectivity index (χ2n) is 7.24. The van der Waals surface area contributed by atoms with Gasteiger partial charge in [-0.1, -0.05) is 36.4 Å². The van der Waals surface area contributed by atoms with E-state index in [4.69, 9.17) is 4.74 Å². The predicted molar refractivity (Wildman–Crippen MR) is 118 cm³/mol. The maximum Gasteiger partial charge on any atom is 0.266 e. The summed E-state index contributed by atoms with van der Waals surface area (Å²) in [6.07, 6.45) is 1.69. The third kappa shape index (κ3) is 5.13. The van der Waals surface area contributed by atoms with Crippen LogP contribution < -0.4 is 14.5 Å². The van der Waals surface area contributed by atoms with E-state index in [9.17, 15) is 4.79 Å². The van der Waals surface area contributed by atoms with Gasteiger partial charge in [-0.25, -0.2) is 4.98 Å². The Morgan fingerprint density at radius 1 is 0.931 bits per heavy atom. The number of para-hydroxylation sites is 1. The topological polar surface area (TPSA) is 45.7 Å². The van der Waals surface area contributed by atoms with Gasteiger partial charge in [-0.05, 0) is 54.8 Å². The van der Waals surface area contributed by atoms with Crippen molar-refractivity contribution >= 4 is 17.4 Å². The Kier molecular flexibility index (Phi) is 6.50. The first-order chi connectivity index (χ1) is 14.0. The molecule has 2 aromatic carbocycles. The number of anilines is 2. The number of carbonyl (C=O) groups is 1. The molecule has 0 bridgehead atoms. The smallest absolute Gasteiger partial charge is 0.266 e. The average Bonchev–Trinajstić information content (AvgIpc) is 2.72. The summed E-state index contributed by atoms with van der Waals surface area (Å²) in [5.74, 6) is 1.24. The van der Waals surface area contributed by atoms with Gasteiger partial charge in [0, 0.05) is 26.0 Å². The number of amides is 1. The summed E-state index contributed by atoms with van der Waals surface area (Å²) in [5.41, 5.74) is 4.17. The van der Waals surface area contributed by atoms with Crippen LogP contribution in [-0.4, -0.2) is 31.6 Å². The first kappa shape index (κ1) is 20.4. The van der Waals surface area contributed by atoms with Gasteiger partial charge in [-0.2, -0.15) is 0 Å². The zero-order chi connectivity index (χ0) is 20.8. The second-order valence-corrected chi connectivity index (χ2v) is 7.24. The highest BCUT2D eigenvalue weighted by atomic mass is 16.5. The van der Waals surface area contributed by atoms with Crippen LogP contribution in [0.5, 0.6) is 5.75 Å². The van der Waals surface area contributed by atoms with E-state index >= 15 is 0 Å². The van der Waals surface area contributed by atoms with E-state index in [1.165, 1.54) is 0 Å². The number of aromatic nitrogens is 1. The van der Waals surface area contributed by atoms with Crippen molar-refractivity contribution in [3.8, 4) is 5.75 Å². The average molecular weight is 389 g/mol. The van der Waals surface area contributed by atoms with Crippen LogP contribution in [0, 0.1) is 13.8 Å². The number of benzene rings is 2. The molecular weight excluding hydrogens is 362 g/mol. The zero-order valence-electron chi connectivity index (χ0n) is 17.4. The number of aryl methyl sites for hydroxylation is 2. The van der Waals surface area contributed by atoms with Crippen molar-refractivity contribution in [3.63, 3.8) is 0 Å². The molecule has 0 spiro atoms. The van der Waals surface area contributed by atoms with Gasteiger partial charge in [-0.15, -0.1) is 0 Å². The molecule has 0 saturated carbocycles. The number of carbonyl (C=O) groups excluding carboxylic acids is 1. The van der Waals surface area contributed by atoms with Crippen molar-refractivity contribution in [2.24, 2.45) is 0 Å². The molecule has 0 aliphatic carbocycles. The van der Waals surface area contributed by atoms with E-state index < -0.39 is 0 Å². The maximum absolute atomic E-state index is 13.1. The van der Waals surface area contributed by atoms with Crippen LogP contribution in [0.4, 0.5) is 11.5 Å². The minimum absolute atomic E-state index is 0.0436. The third-order valence-electron chi connectivity index (χ3n) is 4.77. The summed E-state index contributed by atoms with van der Waals surface area (Å²) in [5, 5.41) is 0. The van der Waals surface area contributed by atoms with E-state index in [1.807, 2.05) is 93.5 Å². The normalized spacial score (nSPS) is 10.5. The van der Waals surface area contributed by atoms with Gasteiger partial charge in [0.25, 0.3) is 5.91 Å². The summed E-state index contributed by atoms with van der Waals surface area (Å²) in [7, 11) is 4.01. The monoisotopic (exact) mass is 389 g/mol. The molecule has 5 heteroatoms.